The van der Waals surface area contributed by atoms with Gasteiger partial charge in [-0.05, 0) is 48.7 Å². The molecule has 2 aromatic carbocycles. The summed E-state index contributed by atoms with van der Waals surface area (Å²) in [6, 6.07) is 12.8. The molecule has 3 rings (SSSR count). The molecule has 0 radical (unpaired) electrons. The highest BCUT2D eigenvalue weighted by Gasteiger charge is 2.15. The van der Waals surface area contributed by atoms with Crippen LogP contribution in [-0.4, -0.2) is 6.79 Å². The number of halogens is 1. The highest BCUT2D eigenvalue weighted by molar-refractivity contribution is 9.10. The number of rotatable bonds is 4. The standard InChI is InChI=1S/C17H18BrNO2/c1-11-7-13(3-5-15(11)18)9-19-12(2)14-4-6-16-17(8-14)21-10-20-16/h3-8,12,19H,9-10H2,1-2H3. The average Bonchev–Trinajstić information content (AvgIpc) is 2.95. The van der Waals surface area contributed by atoms with E-state index in [-0.39, 0.29) is 6.04 Å². The van der Waals surface area contributed by atoms with Crippen LogP contribution in [0.5, 0.6) is 11.5 Å². The van der Waals surface area contributed by atoms with Gasteiger partial charge in [-0.3, -0.25) is 0 Å². The lowest BCUT2D eigenvalue weighted by Gasteiger charge is -2.15. The monoisotopic (exact) mass is 347 g/mol. The lowest BCUT2D eigenvalue weighted by molar-refractivity contribution is 0.174. The minimum atomic E-state index is 0.253. The Balaban J connectivity index is 1.66. The maximum Gasteiger partial charge on any atom is 0.231 e. The van der Waals surface area contributed by atoms with Gasteiger partial charge in [0.05, 0.1) is 0 Å². The van der Waals surface area contributed by atoms with Crippen molar-refractivity contribution in [2.45, 2.75) is 26.4 Å². The molecular weight excluding hydrogens is 330 g/mol. The zero-order valence-electron chi connectivity index (χ0n) is 12.2. The second-order valence-electron chi connectivity index (χ2n) is 5.30. The molecule has 1 aliphatic rings. The summed E-state index contributed by atoms with van der Waals surface area (Å²) >= 11 is 3.53. The number of hydrogen-bond acceptors (Lipinski definition) is 3. The Morgan fingerprint density at radius 3 is 2.76 bits per heavy atom. The third-order valence-electron chi connectivity index (χ3n) is 3.73. The number of nitrogens with one attached hydrogen (secondary N) is 1. The lowest BCUT2D eigenvalue weighted by atomic mass is 10.1. The van der Waals surface area contributed by atoms with Crippen molar-refractivity contribution < 1.29 is 9.47 Å². The van der Waals surface area contributed by atoms with Crippen LogP contribution in [0.25, 0.3) is 0 Å². The maximum absolute atomic E-state index is 5.43. The van der Waals surface area contributed by atoms with Crippen LogP contribution >= 0.6 is 15.9 Å². The van der Waals surface area contributed by atoms with Gasteiger partial charge in [-0.2, -0.15) is 0 Å². The first-order valence-electron chi connectivity index (χ1n) is 7.01. The fourth-order valence-electron chi connectivity index (χ4n) is 2.39. The molecule has 1 aliphatic heterocycles. The smallest absolute Gasteiger partial charge is 0.231 e. The van der Waals surface area contributed by atoms with E-state index in [0.29, 0.717) is 6.79 Å². The minimum absolute atomic E-state index is 0.253. The summed E-state index contributed by atoms with van der Waals surface area (Å²) in [5.74, 6) is 1.66. The fourth-order valence-corrected chi connectivity index (χ4v) is 2.63. The van der Waals surface area contributed by atoms with Gasteiger partial charge in [-0.1, -0.05) is 34.1 Å². The van der Waals surface area contributed by atoms with Gasteiger partial charge in [0, 0.05) is 17.1 Å². The van der Waals surface area contributed by atoms with E-state index in [1.54, 1.807) is 0 Å². The Labute approximate surface area is 133 Å². The van der Waals surface area contributed by atoms with Gasteiger partial charge < -0.3 is 14.8 Å². The van der Waals surface area contributed by atoms with E-state index in [9.17, 15) is 0 Å². The van der Waals surface area contributed by atoms with Crippen molar-refractivity contribution in [1.29, 1.82) is 0 Å². The molecule has 0 fully saturated rings. The molecule has 0 aliphatic carbocycles. The first kappa shape index (κ1) is 14.4. The SMILES string of the molecule is Cc1cc(CNC(C)c2ccc3c(c2)OCO3)ccc1Br. The van der Waals surface area contributed by atoms with E-state index < -0.39 is 0 Å². The van der Waals surface area contributed by atoms with Crippen LogP contribution in [0.1, 0.15) is 29.7 Å². The molecule has 1 unspecified atom stereocenters. The van der Waals surface area contributed by atoms with E-state index in [4.69, 9.17) is 9.47 Å². The molecule has 0 bridgehead atoms. The molecule has 21 heavy (non-hydrogen) atoms. The van der Waals surface area contributed by atoms with E-state index in [1.807, 2.05) is 12.1 Å². The van der Waals surface area contributed by atoms with Crippen LogP contribution in [0, 0.1) is 6.92 Å². The molecule has 4 heteroatoms. The highest BCUT2D eigenvalue weighted by atomic mass is 79.9. The molecule has 1 N–H and O–H groups in total. The van der Waals surface area contributed by atoms with Gasteiger partial charge in [-0.25, -0.2) is 0 Å². The van der Waals surface area contributed by atoms with Crippen LogP contribution in [0.2, 0.25) is 0 Å². The van der Waals surface area contributed by atoms with E-state index in [0.717, 1.165) is 22.5 Å². The highest BCUT2D eigenvalue weighted by Crippen LogP contribution is 2.34. The van der Waals surface area contributed by atoms with Gasteiger partial charge in [0.2, 0.25) is 6.79 Å². The molecule has 0 saturated heterocycles. The minimum Gasteiger partial charge on any atom is -0.454 e. The summed E-state index contributed by atoms with van der Waals surface area (Å²) in [6.45, 7) is 5.42. The molecule has 2 aromatic rings. The van der Waals surface area contributed by atoms with E-state index in [2.05, 4.69) is 59.4 Å². The number of ether oxygens (including phenoxy) is 2. The molecule has 0 amide bonds. The number of fused-ring (bicyclic) bond motifs is 1. The molecule has 0 aromatic heterocycles. The van der Waals surface area contributed by atoms with Gasteiger partial charge in [0.25, 0.3) is 0 Å². The largest absolute Gasteiger partial charge is 0.454 e. The third-order valence-corrected chi connectivity index (χ3v) is 4.62. The van der Waals surface area contributed by atoms with Gasteiger partial charge in [0.1, 0.15) is 0 Å². The Hall–Kier alpha value is -1.52. The molecular formula is C17H18BrNO2. The summed E-state index contributed by atoms with van der Waals surface area (Å²) in [7, 11) is 0. The van der Waals surface area contributed by atoms with Crippen LogP contribution in [0.15, 0.2) is 40.9 Å². The summed E-state index contributed by atoms with van der Waals surface area (Å²) in [6.07, 6.45) is 0. The Kier molecular flexibility index (Phi) is 4.17. The Morgan fingerprint density at radius 1 is 1.14 bits per heavy atom. The van der Waals surface area contributed by atoms with Crippen LogP contribution in [-0.2, 0) is 6.54 Å². The topological polar surface area (TPSA) is 30.5 Å². The van der Waals surface area contributed by atoms with E-state index in [1.165, 1.54) is 16.7 Å². The number of benzene rings is 2. The number of aryl methyl sites for hydroxylation is 1. The fraction of sp³-hybridized carbons (Fsp3) is 0.294. The molecule has 1 heterocycles. The first-order valence-corrected chi connectivity index (χ1v) is 7.81. The predicted octanol–water partition coefficient (Wildman–Crippen LogP) is 4.34. The van der Waals surface area contributed by atoms with Crippen LogP contribution in [0.4, 0.5) is 0 Å². The molecule has 1 atom stereocenters. The molecule has 110 valence electrons. The zero-order valence-corrected chi connectivity index (χ0v) is 13.7. The summed E-state index contributed by atoms with van der Waals surface area (Å²) in [5, 5.41) is 3.54. The normalized spacial score (nSPS) is 14.2. The van der Waals surface area contributed by atoms with Gasteiger partial charge >= 0.3 is 0 Å². The summed E-state index contributed by atoms with van der Waals surface area (Å²) in [5.41, 5.74) is 3.74. The zero-order chi connectivity index (χ0) is 14.8. The van der Waals surface area contributed by atoms with Crippen molar-refractivity contribution in [2.75, 3.05) is 6.79 Å². The second kappa shape index (κ2) is 6.08. The average molecular weight is 348 g/mol. The van der Waals surface area contributed by atoms with Crippen molar-refractivity contribution >= 4 is 15.9 Å². The molecule has 0 saturated carbocycles. The van der Waals surface area contributed by atoms with Gasteiger partial charge in [0.15, 0.2) is 11.5 Å². The summed E-state index contributed by atoms with van der Waals surface area (Å²) < 4.78 is 11.9. The lowest BCUT2D eigenvalue weighted by Crippen LogP contribution is -2.18. The number of hydrogen-bond donors (Lipinski definition) is 1. The van der Waals surface area contributed by atoms with Crippen LogP contribution < -0.4 is 14.8 Å². The maximum atomic E-state index is 5.43. The Morgan fingerprint density at radius 2 is 1.95 bits per heavy atom. The third kappa shape index (κ3) is 3.22. The van der Waals surface area contributed by atoms with Gasteiger partial charge in [-0.15, -0.1) is 0 Å². The Bertz CT molecular complexity index is 657. The second-order valence-corrected chi connectivity index (χ2v) is 6.15. The summed E-state index contributed by atoms with van der Waals surface area (Å²) in [4.78, 5) is 0. The van der Waals surface area contributed by atoms with Crippen molar-refractivity contribution in [3.05, 3.63) is 57.6 Å². The predicted molar refractivity (Wildman–Crippen MR) is 86.7 cm³/mol. The van der Waals surface area contributed by atoms with Crippen molar-refractivity contribution in [2.24, 2.45) is 0 Å². The van der Waals surface area contributed by atoms with Crippen molar-refractivity contribution in [3.63, 3.8) is 0 Å². The van der Waals surface area contributed by atoms with Crippen LogP contribution in [0.3, 0.4) is 0 Å². The molecule has 3 nitrogen and oxygen atoms in total. The van der Waals surface area contributed by atoms with E-state index >= 15 is 0 Å². The van der Waals surface area contributed by atoms with Crippen molar-refractivity contribution in [3.8, 4) is 11.5 Å². The quantitative estimate of drug-likeness (QED) is 0.892. The molecule has 0 spiro atoms. The van der Waals surface area contributed by atoms with Crippen molar-refractivity contribution in [1.82, 2.24) is 5.32 Å². The first-order chi connectivity index (χ1) is 10.1.